The van der Waals surface area contributed by atoms with Crippen LogP contribution in [0.2, 0.25) is 0 Å². The minimum absolute atomic E-state index is 0.0198. The van der Waals surface area contributed by atoms with Crippen molar-refractivity contribution in [2.45, 2.75) is 31.2 Å². The van der Waals surface area contributed by atoms with Crippen molar-refractivity contribution < 1.29 is 4.79 Å². The van der Waals surface area contributed by atoms with Gasteiger partial charge in [0, 0.05) is 28.9 Å². The molecular weight excluding hydrogens is 294 g/mol. The average Bonchev–Trinajstić information content (AvgIpc) is 3.27. The number of aromatic amines is 1. The van der Waals surface area contributed by atoms with E-state index >= 15 is 0 Å². The van der Waals surface area contributed by atoms with Crippen LogP contribution in [0.5, 0.6) is 0 Å². The van der Waals surface area contributed by atoms with Gasteiger partial charge in [0.1, 0.15) is 5.01 Å². The Morgan fingerprint density at radius 1 is 1.27 bits per heavy atom. The van der Waals surface area contributed by atoms with Gasteiger partial charge in [-0.2, -0.15) is 0 Å². The topological polar surface area (TPSA) is 57.8 Å². The molecule has 4 nitrogen and oxygen atoms in total. The van der Waals surface area contributed by atoms with Crippen LogP contribution >= 0.6 is 11.3 Å². The van der Waals surface area contributed by atoms with Gasteiger partial charge in [0.25, 0.3) is 5.91 Å². The number of thiazole rings is 1. The zero-order chi connectivity index (χ0) is 15.0. The molecule has 1 saturated carbocycles. The normalized spacial score (nSPS) is 16.9. The number of aromatic nitrogens is 2. The largest absolute Gasteiger partial charge is 0.361 e. The van der Waals surface area contributed by atoms with E-state index in [2.05, 4.69) is 15.3 Å². The highest BCUT2D eigenvalue weighted by molar-refractivity contribution is 7.09. The van der Waals surface area contributed by atoms with Crippen molar-refractivity contribution in [3.05, 3.63) is 52.6 Å². The SMILES string of the molecule is O=C(NC1(c2nccs2)CCCC1)c1ccc2cc[nH]c2c1. The second kappa shape index (κ2) is 5.25. The molecule has 1 aliphatic carbocycles. The molecule has 0 aliphatic heterocycles. The van der Waals surface area contributed by atoms with Gasteiger partial charge in [0.2, 0.25) is 0 Å². The minimum atomic E-state index is -0.282. The molecule has 0 bridgehead atoms. The Kier molecular flexibility index (Phi) is 3.22. The molecule has 1 aromatic carbocycles. The van der Waals surface area contributed by atoms with Crippen molar-refractivity contribution in [2.24, 2.45) is 0 Å². The quantitative estimate of drug-likeness (QED) is 0.772. The van der Waals surface area contributed by atoms with Crippen molar-refractivity contribution in [1.82, 2.24) is 15.3 Å². The fourth-order valence-corrected chi connectivity index (χ4v) is 4.16. The second-order valence-corrected chi connectivity index (χ2v) is 6.75. The van der Waals surface area contributed by atoms with E-state index in [4.69, 9.17) is 0 Å². The number of H-pyrrole nitrogens is 1. The van der Waals surface area contributed by atoms with Crippen LogP contribution in [0.3, 0.4) is 0 Å². The highest BCUT2D eigenvalue weighted by atomic mass is 32.1. The number of carbonyl (C=O) groups is 1. The van der Waals surface area contributed by atoms with Crippen LogP contribution in [-0.4, -0.2) is 15.9 Å². The van der Waals surface area contributed by atoms with Crippen LogP contribution in [0, 0.1) is 0 Å². The van der Waals surface area contributed by atoms with Gasteiger partial charge < -0.3 is 10.3 Å². The van der Waals surface area contributed by atoms with Crippen LogP contribution in [0.4, 0.5) is 0 Å². The zero-order valence-corrected chi connectivity index (χ0v) is 13.0. The third-order valence-electron chi connectivity index (χ3n) is 4.47. The van der Waals surface area contributed by atoms with Crippen molar-refractivity contribution in [1.29, 1.82) is 0 Å². The number of carbonyl (C=O) groups excluding carboxylic acids is 1. The number of nitrogens with zero attached hydrogens (tertiary/aromatic N) is 1. The molecule has 3 aromatic rings. The van der Waals surface area contributed by atoms with Gasteiger partial charge in [-0.3, -0.25) is 4.79 Å². The molecule has 112 valence electrons. The number of fused-ring (bicyclic) bond motifs is 1. The molecule has 5 heteroatoms. The molecule has 0 saturated heterocycles. The lowest BCUT2D eigenvalue weighted by Crippen LogP contribution is -2.43. The lowest BCUT2D eigenvalue weighted by Gasteiger charge is -2.28. The van der Waals surface area contributed by atoms with Crippen molar-refractivity contribution >= 4 is 28.1 Å². The summed E-state index contributed by atoms with van der Waals surface area (Å²) >= 11 is 1.63. The minimum Gasteiger partial charge on any atom is -0.361 e. The molecule has 22 heavy (non-hydrogen) atoms. The summed E-state index contributed by atoms with van der Waals surface area (Å²) in [6.45, 7) is 0. The van der Waals surface area contributed by atoms with E-state index in [0.29, 0.717) is 5.56 Å². The highest BCUT2D eigenvalue weighted by Gasteiger charge is 2.39. The Morgan fingerprint density at radius 2 is 2.14 bits per heavy atom. The maximum atomic E-state index is 12.7. The summed E-state index contributed by atoms with van der Waals surface area (Å²) < 4.78 is 0. The highest BCUT2D eigenvalue weighted by Crippen LogP contribution is 2.39. The average molecular weight is 311 g/mol. The second-order valence-electron chi connectivity index (χ2n) is 5.86. The predicted molar refractivity (Wildman–Crippen MR) is 88.0 cm³/mol. The Balaban J connectivity index is 1.64. The van der Waals surface area contributed by atoms with Crippen LogP contribution in [0.1, 0.15) is 41.0 Å². The molecule has 4 rings (SSSR count). The fourth-order valence-electron chi connectivity index (χ4n) is 3.31. The predicted octanol–water partition coefficient (Wildman–Crippen LogP) is 3.82. The third kappa shape index (κ3) is 2.22. The third-order valence-corrected chi connectivity index (χ3v) is 5.45. The van der Waals surface area contributed by atoms with E-state index in [-0.39, 0.29) is 11.4 Å². The van der Waals surface area contributed by atoms with Gasteiger partial charge in [0.15, 0.2) is 0 Å². The Hall–Kier alpha value is -2.14. The summed E-state index contributed by atoms with van der Waals surface area (Å²) in [7, 11) is 0. The summed E-state index contributed by atoms with van der Waals surface area (Å²) in [5, 5.41) is 7.39. The standard InChI is InChI=1S/C17H17N3OS/c21-15(13-4-3-12-5-8-18-14(12)11-13)20-17(6-1-2-7-17)16-19-9-10-22-16/h3-5,8-11,18H,1-2,6-7H2,(H,20,21). The van der Waals surface area contributed by atoms with Crippen LogP contribution in [-0.2, 0) is 5.54 Å². The molecule has 0 radical (unpaired) electrons. The smallest absolute Gasteiger partial charge is 0.252 e. The maximum absolute atomic E-state index is 12.7. The molecule has 0 unspecified atom stereocenters. The number of hydrogen-bond donors (Lipinski definition) is 2. The number of nitrogens with one attached hydrogen (secondary N) is 2. The van der Waals surface area contributed by atoms with Gasteiger partial charge in [-0.15, -0.1) is 11.3 Å². The van der Waals surface area contributed by atoms with E-state index < -0.39 is 0 Å². The van der Waals surface area contributed by atoms with Gasteiger partial charge >= 0.3 is 0 Å². The molecule has 1 amide bonds. The number of amides is 1. The van der Waals surface area contributed by atoms with E-state index in [0.717, 1.165) is 41.6 Å². The first-order valence-corrected chi connectivity index (χ1v) is 8.44. The zero-order valence-electron chi connectivity index (χ0n) is 12.1. The van der Waals surface area contributed by atoms with E-state index in [9.17, 15) is 4.79 Å². The van der Waals surface area contributed by atoms with Crippen molar-refractivity contribution in [3.8, 4) is 0 Å². The molecule has 0 spiro atoms. The van der Waals surface area contributed by atoms with Gasteiger partial charge in [-0.25, -0.2) is 4.98 Å². The maximum Gasteiger partial charge on any atom is 0.252 e. The number of hydrogen-bond acceptors (Lipinski definition) is 3. The first-order valence-electron chi connectivity index (χ1n) is 7.56. The molecular formula is C17H17N3OS. The van der Waals surface area contributed by atoms with Gasteiger partial charge in [0.05, 0.1) is 5.54 Å². The van der Waals surface area contributed by atoms with Crippen LogP contribution in [0.15, 0.2) is 42.0 Å². The number of rotatable bonds is 3. The summed E-state index contributed by atoms with van der Waals surface area (Å²) in [6, 6.07) is 7.78. The fraction of sp³-hybridized carbons (Fsp3) is 0.294. The first-order chi connectivity index (χ1) is 10.8. The molecule has 2 aromatic heterocycles. The molecule has 2 heterocycles. The van der Waals surface area contributed by atoms with Crippen LogP contribution < -0.4 is 5.32 Å². The van der Waals surface area contributed by atoms with Gasteiger partial charge in [-0.1, -0.05) is 18.9 Å². The van der Waals surface area contributed by atoms with Crippen molar-refractivity contribution in [2.75, 3.05) is 0 Å². The van der Waals surface area contributed by atoms with E-state index in [1.165, 1.54) is 0 Å². The van der Waals surface area contributed by atoms with E-state index in [1.54, 1.807) is 11.3 Å². The molecule has 1 aliphatic rings. The Morgan fingerprint density at radius 3 is 2.91 bits per heavy atom. The number of benzene rings is 1. The molecule has 2 N–H and O–H groups in total. The van der Waals surface area contributed by atoms with Crippen LogP contribution in [0.25, 0.3) is 10.9 Å². The molecule has 1 fully saturated rings. The monoisotopic (exact) mass is 311 g/mol. The van der Waals surface area contributed by atoms with E-state index in [1.807, 2.05) is 42.0 Å². The molecule has 0 atom stereocenters. The van der Waals surface area contributed by atoms with Gasteiger partial charge in [-0.05, 0) is 36.4 Å². The Bertz CT molecular complexity index is 800. The van der Waals surface area contributed by atoms with Crippen molar-refractivity contribution in [3.63, 3.8) is 0 Å². The summed E-state index contributed by atoms with van der Waals surface area (Å²) in [4.78, 5) is 20.3. The lowest BCUT2D eigenvalue weighted by atomic mass is 9.97. The summed E-state index contributed by atoms with van der Waals surface area (Å²) in [5.74, 6) is -0.0198. The Labute approximate surface area is 132 Å². The summed E-state index contributed by atoms with van der Waals surface area (Å²) in [5.41, 5.74) is 1.40. The first kappa shape index (κ1) is 13.5. The lowest BCUT2D eigenvalue weighted by molar-refractivity contribution is 0.0898. The summed E-state index contributed by atoms with van der Waals surface area (Å²) in [6.07, 6.45) is 7.91.